The number of fused-ring (bicyclic) bond motifs is 1. The Morgan fingerprint density at radius 3 is 2.88 bits per heavy atom. The second-order valence-corrected chi connectivity index (χ2v) is 5.84. The zero-order valence-electron chi connectivity index (χ0n) is 14.4. The molecule has 0 unspecified atom stereocenters. The molecule has 0 aliphatic rings. The third-order valence-corrected chi connectivity index (χ3v) is 3.89. The van der Waals surface area contributed by atoms with Crippen LogP contribution in [0.4, 0.5) is 5.69 Å². The second-order valence-electron chi connectivity index (χ2n) is 5.45. The maximum atomic E-state index is 11.0. The van der Waals surface area contributed by atoms with Crippen molar-refractivity contribution in [2.75, 3.05) is 13.7 Å². The topological polar surface area (TPSA) is 88.2 Å². The Morgan fingerprint density at radius 1 is 1.40 bits per heavy atom. The van der Waals surface area contributed by atoms with Crippen LogP contribution in [0.5, 0.6) is 5.88 Å². The molecule has 0 aliphatic heterocycles. The lowest BCUT2D eigenvalue weighted by atomic mass is 10.2. The quantitative estimate of drug-likeness (QED) is 0.340. The third kappa shape index (κ3) is 4.76. The average molecular weight is 362 g/mol. The molecule has 0 spiro atoms. The van der Waals surface area contributed by atoms with Crippen molar-refractivity contribution < 1.29 is 14.6 Å². The van der Waals surface area contributed by atoms with Crippen LogP contribution < -0.4 is 5.32 Å². The monoisotopic (exact) mass is 362 g/mol. The molecular formula is C17H22N4O3S. The number of hydrogen-bond donors (Lipinski definition) is 2. The molecule has 1 heterocycles. The van der Waals surface area contributed by atoms with Gasteiger partial charge >= 0.3 is 5.97 Å². The van der Waals surface area contributed by atoms with E-state index in [1.165, 1.54) is 7.11 Å². The number of rotatable bonds is 7. The van der Waals surface area contributed by atoms with E-state index in [4.69, 9.17) is 12.2 Å². The van der Waals surface area contributed by atoms with Gasteiger partial charge in [0.25, 0.3) is 0 Å². The highest BCUT2D eigenvalue weighted by Gasteiger charge is 2.15. The van der Waals surface area contributed by atoms with Gasteiger partial charge < -0.3 is 19.7 Å². The first-order valence-electron chi connectivity index (χ1n) is 8.15. The van der Waals surface area contributed by atoms with Crippen molar-refractivity contribution in [2.45, 2.75) is 32.7 Å². The summed E-state index contributed by atoms with van der Waals surface area (Å²) in [5.74, 6) is -0.178. The van der Waals surface area contributed by atoms with Crippen LogP contribution in [-0.4, -0.2) is 34.4 Å². The van der Waals surface area contributed by atoms with Crippen LogP contribution >= 0.6 is 12.2 Å². The summed E-state index contributed by atoms with van der Waals surface area (Å²) in [6, 6.07) is 7.64. The van der Waals surface area contributed by atoms with Crippen LogP contribution in [0.2, 0.25) is 0 Å². The Kier molecular flexibility index (Phi) is 6.88. The molecule has 134 valence electrons. The fourth-order valence-corrected chi connectivity index (χ4v) is 2.62. The minimum absolute atomic E-state index is 0.0836. The van der Waals surface area contributed by atoms with E-state index in [0.29, 0.717) is 31.6 Å². The van der Waals surface area contributed by atoms with Crippen LogP contribution in [0.3, 0.4) is 0 Å². The highest BCUT2D eigenvalue weighted by Crippen LogP contribution is 2.38. The van der Waals surface area contributed by atoms with E-state index in [0.717, 1.165) is 17.3 Å². The first-order valence-corrected chi connectivity index (χ1v) is 8.55. The van der Waals surface area contributed by atoms with Gasteiger partial charge in [-0.3, -0.25) is 4.79 Å². The minimum Gasteiger partial charge on any atom is -0.493 e. The molecule has 2 rings (SSSR count). The number of thiocarbonyl (C=S) groups is 1. The SMILES string of the molecule is CCCn1c(O)c(N=NC(=S)NCCCC(=O)OC)c2ccccc21. The number of esters is 1. The van der Waals surface area contributed by atoms with Gasteiger partial charge in [0.15, 0.2) is 5.69 Å². The minimum atomic E-state index is -0.261. The third-order valence-electron chi connectivity index (χ3n) is 3.67. The van der Waals surface area contributed by atoms with E-state index in [2.05, 4.69) is 20.3 Å². The summed E-state index contributed by atoms with van der Waals surface area (Å²) in [7, 11) is 1.36. The molecule has 1 aromatic heterocycles. The average Bonchev–Trinajstić information content (AvgIpc) is 2.89. The summed E-state index contributed by atoms with van der Waals surface area (Å²) in [6.45, 7) is 3.23. The van der Waals surface area contributed by atoms with E-state index in [1.807, 2.05) is 35.8 Å². The fourth-order valence-electron chi connectivity index (χ4n) is 2.48. The summed E-state index contributed by atoms with van der Waals surface area (Å²) >= 11 is 5.11. The lowest BCUT2D eigenvalue weighted by Crippen LogP contribution is -2.21. The summed E-state index contributed by atoms with van der Waals surface area (Å²) < 4.78 is 6.38. The van der Waals surface area contributed by atoms with E-state index >= 15 is 0 Å². The van der Waals surface area contributed by atoms with E-state index in [1.54, 1.807) is 0 Å². The zero-order chi connectivity index (χ0) is 18.2. The maximum absolute atomic E-state index is 11.0. The van der Waals surface area contributed by atoms with E-state index in [-0.39, 0.29) is 17.0 Å². The number of carbonyl (C=O) groups excluding carboxylic acids is 1. The number of benzene rings is 1. The molecule has 25 heavy (non-hydrogen) atoms. The highest BCUT2D eigenvalue weighted by atomic mass is 32.1. The smallest absolute Gasteiger partial charge is 0.305 e. The Labute approximate surface area is 151 Å². The highest BCUT2D eigenvalue weighted by molar-refractivity contribution is 7.80. The van der Waals surface area contributed by atoms with E-state index in [9.17, 15) is 9.90 Å². The van der Waals surface area contributed by atoms with Crippen LogP contribution in [-0.2, 0) is 16.1 Å². The van der Waals surface area contributed by atoms with Gasteiger partial charge in [-0.25, -0.2) is 0 Å². The van der Waals surface area contributed by atoms with Crippen LogP contribution in [0.25, 0.3) is 10.9 Å². The Bertz CT molecular complexity index is 786. The molecule has 0 radical (unpaired) electrons. The molecule has 0 saturated carbocycles. The van der Waals surface area contributed by atoms with Crippen molar-refractivity contribution in [1.29, 1.82) is 0 Å². The summed E-state index contributed by atoms with van der Waals surface area (Å²) in [5.41, 5.74) is 1.32. The molecule has 0 atom stereocenters. The zero-order valence-corrected chi connectivity index (χ0v) is 15.2. The first kappa shape index (κ1) is 18.9. The first-order chi connectivity index (χ1) is 12.1. The number of nitrogens with zero attached hydrogens (tertiary/aromatic N) is 3. The number of nitrogens with one attached hydrogen (secondary N) is 1. The molecule has 2 N–H and O–H groups in total. The van der Waals surface area contributed by atoms with Gasteiger partial charge in [0, 0.05) is 24.9 Å². The lowest BCUT2D eigenvalue weighted by Gasteiger charge is -2.03. The van der Waals surface area contributed by atoms with Gasteiger partial charge in [-0.1, -0.05) is 25.1 Å². The summed E-state index contributed by atoms with van der Waals surface area (Å²) in [6.07, 6.45) is 1.79. The number of aromatic hydroxyl groups is 1. The van der Waals surface area contributed by atoms with Gasteiger partial charge in [-0.15, -0.1) is 10.2 Å². The predicted octanol–water partition coefficient (Wildman–Crippen LogP) is 3.67. The van der Waals surface area contributed by atoms with E-state index < -0.39 is 0 Å². The van der Waals surface area contributed by atoms with Gasteiger partial charge in [0.05, 0.1) is 12.6 Å². The van der Waals surface area contributed by atoms with Crippen molar-refractivity contribution in [2.24, 2.45) is 10.2 Å². The van der Waals surface area contributed by atoms with Crippen LogP contribution in [0.1, 0.15) is 26.2 Å². The standard InChI is InChI=1S/C17H22N4O3S/c1-3-11-21-13-8-5-4-7-12(13)15(16(21)23)19-20-17(25)18-10-6-9-14(22)24-2/h4-5,7-8,23H,3,6,9-11H2,1-2H3,(H,18,25). The number of aromatic nitrogens is 1. The summed E-state index contributed by atoms with van der Waals surface area (Å²) in [5, 5.41) is 22.5. The molecule has 0 fully saturated rings. The lowest BCUT2D eigenvalue weighted by molar-refractivity contribution is -0.140. The Hall–Kier alpha value is -2.48. The largest absolute Gasteiger partial charge is 0.493 e. The molecule has 0 amide bonds. The molecule has 2 aromatic rings. The molecule has 7 nitrogen and oxygen atoms in total. The van der Waals surface area contributed by atoms with Crippen molar-refractivity contribution in [1.82, 2.24) is 9.88 Å². The number of hydrogen-bond acceptors (Lipinski definition) is 5. The summed E-state index contributed by atoms with van der Waals surface area (Å²) in [4.78, 5) is 11.0. The van der Waals surface area contributed by atoms with Gasteiger partial charge in [-0.2, -0.15) is 0 Å². The normalized spacial score (nSPS) is 11.1. The predicted molar refractivity (Wildman–Crippen MR) is 100 cm³/mol. The van der Waals surface area contributed by atoms with Gasteiger partial charge in [0.1, 0.15) is 0 Å². The van der Waals surface area contributed by atoms with Crippen LogP contribution in [0, 0.1) is 0 Å². The molecule has 8 heteroatoms. The Balaban J connectivity index is 2.06. The molecule has 1 aromatic carbocycles. The number of carbonyl (C=O) groups is 1. The van der Waals surface area contributed by atoms with Crippen LogP contribution in [0.15, 0.2) is 34.5 Å². The second kappa shape index (κ2) is 9.12. The molecule has 0 saturated heterocycles. The van der Waals surface area contributed by atoms with Gasteiger partial charge in [-0.05, 0) is 31.1 Å². The molecule has 0 aliphatic carbocycles. The Morgan fingerprint density at radius 2 is 2.16 bits per heavy atom. The van der Waals surface area contributed by atoms with Crippen molar-refractivity contribution >= 4 is 39.9 Å². The molecule has 0 bridgehead atoms. The molecular weight excluding hydrogens is 340 g/mol. The number of para-hydroxylation sites is 1. The van der Waals surface area contributed by atoms with Crippen molar-refractivity contribution in [3.05, 3.63) is 24.3 Å². The maximum Gasteiger partial charge on any atom is 0.305 e. The van der Waals surface area contributed by atoms with Crippen molar-refractivity contribution in [3.63, 3.8) is 0 Å². The number of methoxy groups -OCH3 is 1. The number of aryl methyl sites for hydroxylation is 1. The van der Waals surface area contributed by atoms with Gasteiger partial charge in [0.2, 0.25) is 11.0 Å². The fraction of sp³-hybridized carbons (Fsp3) is 0.412. The number of azo groups is 1. The van der Waals surface area contributed by atoms with Crippen molar-refractivity contribution in [3.8, 4) is 5.88 Å². The number of ether oxygens (including phenoxy) is 1.